The Labute approximate surface area is 179 Å². The van der Waals surface area contributed by atoms with Crippen LogP contribution in [0.5, 0.6) is 0 Å². The smallest absolute Gasteiger partial charge is 0.337 e. The third-order valence-corrected chi connectivity index (χ3v) is 4.88. The molecule has 1 aromatic heterocycles. The molecule has 0 unspecified atom stereocenters. The lowest BCUT2D eigenvalue weighted by molar-refractivity contribution is 0.0698. The minimum absolute atomic E-state index is 0.0150. The minimum Gasteiger partial charge on any atom is -0.478 e. The molecule has 4 rings (SSSR count). The fourth-order valence-electron chi connectivity index (χ4n) is 3.31. The van der Waals surface area contributed by atoms with Crippen LogP contribution in [0, 0.1) is 0 Å². The van der Waals surface area contributed by atoms with Gasteiger partial charge in [0, 0.05) is 29.2 Å². The van der Waals surface area contributed by atoms with Gasteiger partial charge in [0.15, 0.2) is 0 Å². The molecule has 1 heterocycles. The van der Waals surface area contributed by atoms with Gasteiger partial charge in [0.2, 0.25) is 0 Å². The van der Waals surface area contributed by atoms with E-state index in [-0.39, 0.29) is 11.3 Å². The summed E-state index contributed by atoms with van der Waals surface area (Å²) >= 11 is 0. The summed E-state index contributed by atoms with van der Waals surface area (Å²) in [6, 6.07) is 23.3. The Kier molecular flexibility index (Phi) is 5.45. The van der Waals surface area contributed by atoms with Crippen molar-refractivity contribution in [2.75, 3.05) is 11.1 Å². The summed E-state index contributed by atoms with van der Waals surface area (Å²) in [7, 11) is 0. The Morgan fingerprint density at radius 1 is 0.806 bits per heavy atom. The van der Waals surface area contributed by atoms with Gasteiger partial charge in [-0.3, -0.25) is 9.78 Å². The number of carbonyl (C=O) groups excluding carboxylic acids is 1. The standard InChI is InChI=1S/C25H19N3O3/c26-22-9-5-4-8-20(22)17-10-11-21(25(30)31)23(13-17)28-24(29)19-12-18(14-27-15-19)16-6-2-1-3-7-16/h1-15H,26H2,(H,28,29)(H,30,31). The van der Waals surface area contributed by atoms with Gasteiger partial charge in [-0.1, -0.05) is 54.6 Å². The van der Waals surface area contributed by atoms with Crippen LogP contribution in [0.25, 0.3) is 22.3 Å². The van der Waals surface area contributed by atoms with E-state index in [0.717, 1.165) is 16.7 Å². The predicted octanol–water partition coefficient (Wildman–Crippen LogP) is 4.95. The van der Waals surface area contributed by atoms with Crippen LogP contribution in [0.15, 0.2) is 91.3 Å². The molecule has 3 aromatic carbocycles. The van der Waals surface area contributed by atoms with E-state index in [1.165, 1.54) is 12.3 Å². The van der Waals surface area contributed by atoms with Crippen LogP contribution in [-0.4, -0.2) is 22.0 Å². The maximum Gasteiger partial charge on any atom is 0.337 e. The number of hydrogen-bond donors (Lipinski definition) is 3. The Hall–Kier alpha value is -4.45. The van der Waals surface area contributed by atoms with E-state index < -0.39 is 11.9 Å². The van der Waals surface area contributed by atoms with Crippen molar-refractivity contribution in [2.24, 2.45) is 0 Å². The van der Waals surface area contributed by atoms with Crippen molar-refractivity contribution in [1.82, 2.24) is 4.98 Å². The summed E-state index contributed by atoms with van der Waals surface area (Å²) in [6.45, 7) is 0. The van der Waals surface area contributed by atoms with Gasteiger partial charge in [-0.15, -0.1) is 0 Å². The van der Waals surface area contributed by atoms with Crippen LogP contribution in [0.3, 0.4) is 0 Å². The molecule has 0 spiro atoms. The number of pyridine rings is 1. The number of para-hydroxylation sites is 1. The first kappa shape index (κ1) is 19.8. The second-order valence-corrected chi connectivity index (χ2v) is 6.94. The van der Waals surface area contributed by atoms with Gasteiger partial charge >= 0.3 is 5.97 Å². The van der Waals surface area contributed by atoms with Crippen LogP contribution in [0.2, 0.25) is 0 Å². The molecular formula is C25H19N3O3. The number of nitrogens with two attached hydrogens (primary N) is 1. The molecule has 6 heteroatoms. The highest BCUT2D eigenvalue weighted by molar-refractivity contribution is 6.08. The molecule has 1 amide bonds. The normalized spacial score (nSPS) is 10.5. The molecule has 0 saturated carbocycles. The zero-order valence-electron chi connectivity index (χ0n) is 16.4. The van der Waals surface area contributed by atoms with Crippen molar-refractivity contribution in [1.29, 1.82) is 0 Å². The number of nitrogens with zero attached hydrogens (tertiary/aromatic N) is 1. The van der Waals surface area contributed by atoms with Gasteiger partial charge in [0.05, 0.1) is 16.8 Å². The number of hydrogen-bond acceptors (Lipinski definition) is 4. The number of amides is 1. The number of anilines is 2. The van der Waals surface area contributed by atoms with E-state index in [1.807, 2.05) is 48.5 Å². The number of rotatable bonds is 5. The van der Waals surface area contributed by atoms with E-state index in [1.54, 1.807) is 30.5 Å². The van der Waals surface area contributed by atoms with Crippen LogP contribution < -0.4 is 11.1 Å². The van der Waals surface area contributed by atoms with Crippen molar-refractivity contribution in [3.63, 3.8) is 0 Å². The molecule has 0 saturated heterocycles. The Bertz CT molecular complexity index is 1270. The number of nitrogen functional groups attached to an aromatic ring is 1. The average Bonchev–Trinajstić information content (AvgIpc) is 2.80. The van der Waals surface area contributed by atoms with E-state index in [9.17, 15) is 14.7 Å². The molecule has 152 valence electrons. The first-order valence-corrected chi connectivity index (χ1v) is 9.57. The Morgan fingerprint density at radius 2 is 1.55 bits per heavy atom. The maximum absolute atomic E-state index is 12.9. The predicted molar refractivity (Wildman–Crippen MR) is 121 cm³/mol. The summed E-state index contributed by atoms with van der Waals surface area (Å²) in [4.78, 5) is 28.8. The lowest BCUT2D eigenvalue weighted by Crippen LogP contribution is -2.15. The largest absolute Gasteiger partial charge is 0.478 e. The lowest BCUT2D eigenvalue weighted by Gasteiger charge is -2.12. The molecule has 0 aliphatic heterocycles. The molecule has 6 nitrogen and oxygen atoms in total. The molecule has 0 radical (unpaired) electrons. The molecule has 4 aromatic rings. The molecule has 0 bridgehead atoms. The fourth-order valence-corrected chi connectivity index (χ4v) is 3.31. The number of aromatic nitrogens is 1. The molecule has 31 heavy (non-hydrogen) atoms. The summed E-state index contributed by atoms with van der Waals surface area (Å²) in [5, 5.41) is 12.3. The van der Waals surface area contributed by atoms with Crippen LogP contribution in [-0.2, 0) is 0 Å². The first-order valence-electron chi connectivity index (χ1n) is 9.57. The molecule has 0 aliphatic rings. The van der Waals surface area contributed by atoms with E-state index >= 15 is 0 Å². The SMILES string of the molecule is Nc1ccccc1-c1ccc(C(=O)O)c(NC(=O)c2cncc(-c3ccccc3)c2)c1. The van der Waals surface area contributed by atoms with Gasteiger partial charge in [-0.2, -0.15) is 0 Å². The Balaban J connectivity index is 1.68. The number of carboxylic acids is 1. The third-order valence-electron chi connectivity index (χ3n) is 4.88. The van der Waals surface area contributed by atoms with Crippen molar-refractivity contribution >= 4 is 23.3 Å². The first-order chi connectivity index (χ1) is 15.0. The summed E-state index contributed by atoms with van der Waals surface area (Å²) in [5.41, 5.74) is 10.3. The van der Waals surface area contributed by atoms with Gasteiger partial charge in [0.1, 0.15) is 0 Å². The maximum atomic E-state index is 12.9. The molecule has 0 fully saturated rings. The van der Waals surface area contributed by atoms with Crippen LogP contribution >= 0.6 is 0 Å². The van der Waals surface area contributed by atoms with Crippen LogP contribution in [0.1, 0.15) is 20.7 Å². The Morgan fingerprint density at radius 3 is 2.29 bits per heavy atom. The van der Waals surface area contributed by atoms with Crippen molar-refractivity contribution in [2.45, 2.75) is 0 Å². The van der Waals surface area contributed by atoms with E-state index in [4.69, 9.17) is 5.73 Å². The summed E-state index contributed by atoms with van der Waals surface area (Å²) < 4.78 is 0. The molecule has 0 atom stereocenters. The lowest BCUT2D eigenvalue weighted by atomic mass is 10.0. The number of aromatic carboxylic acids is 1. The third kappa shape index (κ3) is 4.28. The van der Waals surface area contributed by atoms with Crippen molar-refractivity contribution in [3.05, 3.63) is 102 Å². The van der Waals surface area contributed by atoms with Crippen molar-refractivity contribution < 1.29 is 14.7 Å². The molecule has 0 aliphatic carbocycles. The highest BCUT2D eigenvalue weighted by Gasteiger charge is 2.16. The minimum atomic E-state index is -1.14. The average molecular weight is 409 g/mol. The highest BCUT2D eigenvalue weighted by Crippen LogP contribution is 2.30. The fraction of sp³-hybridized carbons (Fsp3) is 0. The zero-order chi connectivity index (χ0) is 21.8. The number of carboxylic acid groups (broad SMARTS) is 1. The summed E-state index contributed by atoms with van der Waals surface area (Å²) in [5.74, 6) is -1.59. The monoisotopic (exact) mass is 409 g/mol. The van der Waals surface area contributed by atoms with Crippen molar-refractivity contribution in [3.8, 4) is 22.3 Å². The summed E-state index contributed by atoms with van der Waals surface area (Å²) in [6.07, 6.45) is 3.12. The van der Waals surface area contributed by atoms with Gasteiger partial charge in [-0.25, -0.2) is 4.79 Å². The highest BCUT2D eigenvalue weighted by atomic mass is 16.4. The van der Waals surface area contributed by atoms with Gasteiger partial charge < -0.3 is 16.2 Å². The quantitative estimate of drug-likeness (QED) is 0.405. The number of benzene rings is 3. The van der Waals surface area contributed by atoms with Crippen LogP contribution in [0.4, 0.5) is 11.4 Å². The van der Waals surface area contributed by atoms with E-state index in [2.05, 4.69) is 10.3 Å². The number of nitrogens with one attached hydrogen (secondary N) is 1. The zero-order valence-corrected chi connectivity index (χ0v) is 16.4. The number of carbonyl (C=O) groups is 2. The van der Waals surface area contributed by atoms with E-state index in [0.29, 0.717) is 16.8 Å². The topological polar surface area (TPSA) is 105 Å². The van der Waals surface area contributed by atoms with Gasteiger partial charge in [-0.05, 0) is 35.4 Å². The second-order valence-electron chi connectivity index (χ2n) is 6.94. The second kappa shape index (κ2) is 8.51. The van der Waals surface area contributed by atoms with Gasteiger partial charge in [0.25, 0.3) is 5.91 Å². The molecule has 4 N–H and O–H groups in total. The molecular weight excluding hydrogens is 390 g/mol.